The van der Waals surface area contributed by atoms with Gasteiger partial charge in [-0.3, -0.25) is 0 Å². The minimum atomic E-state index is 0.167. The number of hydrogen-bond acceptors (Lipinski definition) is 1. The van der Waals surface area contributed by atoms with E-state index in [2.05, 4.69) is 71.6 Å². The van der Waals surface area contributed by atoms with Crippen LogP contribution in [0.4, 0.5) is 5.69 Å². The molecular weight excluding hydrogens is 416 g/mol. The predicted molar refractivity (Wildman–Crippen MR) is 117 cm³/mol. The van der Waals surface area contributed by atoms with E-state index >= 15 is 0 Å². The molecule has 2 aromatic carbocycles. The van der Waals surface area contributed by atoms with Gasteiger partial charge in [0.1, 0.15) is 0 Å². The second kappa shape index (κ2) is 9.56. The van der Waals surface area contributed by atoms with Crippen LogP contribution in [0.5, 0.6) is 0 Å². The van der Waals surface area contributed by atoms with Crippen molar-refractivity contribution in [1.82, 2.24) is 5.32 Å². The Morgan fingerprint density at radius 3 is 2.28 bits per heavy atom. The summed E-state index contributed by atoms with van der Waals surface area (Å²) in [6, 6.07) is 14.7. The molecule has 0 heterocycles. The van der Waals surface area contributed by atoms with Crippen molar-refractivity contribution in [1.29, 1.82) is 0 Å². The molecule has 2 nitrogen and oxygen atoms in total. The Bertz CT molecular complexity index is 718. The molecule has 0 radical (unpaired) electrons. The number of benzene rings is 2. The van der Waals surface area contributed by atoms with Gasteiger partial charge >= 0.3 is 0 Å². The number of halogens is 2. The molecule has 0 aliphatic rings. The van der Waals surface area contributed by atoms with E-state index in [1.165, 1.54) is 11.1 Å². The summed E-state index contributed by atoms with van der Waals surface area (Å²) in [7, 11) is 0. The minimum Gasteiger partial charge on any atom is -0.356 e. The SMILES string of the molecule is CCC(C)c1ccc(C(CC)NC(=S)Nc2ccc(Br)cc2Cl)cc1. The predicted octanol–water partition coefficient (Wildman–Crippen LogP) is 7.05. The maximum absolute atomic E-state index is 6.24. The number of hydrogen-bond donors (Lipinski definition) is 2. The molecule has 0 aromatic heterocycles. The first kappa shape index (κ1) is 20.2. The van der Waals surface area contributed by atoms with Crippen molar-refractivity contribution >= 4 is 50.5 Å². The van der Waals surface area contributed by atoms with Gasteiger partial charge in [-0.2, -0.15) is 0 Å². The summed E-state index contributed by atoms with van der Waals surface area (Å²) < 4.78 is 0.940. The normalized spacial score (nSPS) is 13.2. The van der Waals surface area contributed by atoms with Crippen LogP contribution in [0.25, 0.3) is 0 Å². The van der Waals surface area contributed by atoms with Gasteiger partial charge in [-0.15, -0.1) is 0 Å². The Labute approximate surface area is 169 Å². The average molecular weight is 440 g/mol. The zero-order valence-electron chi connectivity index (χ0n) is 14.8. The molecule has 0 bridgehead atoms. The standard InChI is InChI=1S/C20H24BrClN2S/c1-4-13(3)14-6-8-15(9-7-14)18(5-2)23-20(25)24-19-11-10-16(21)12-17(19)22/h6-13,18H,4-5H2,1-3H3,(H2,23,24,25). The molecule has 2 N–H and O–H groups in total. The van der Waals surface area contributed by atoms with E-state index in [0.717, 1.165) is 23.0 Å². The maximum atomic E-state index is 6.24. The summed E-state index contributed by atoms with van der Waals surface area (Å²) in [6.45, 7) is 6.62. The van der Waals surface area contributed by atoms with Crippen LogP contribution in [-0.4, -0.2) is 5.11 Å². The van der Waals surface area contributed by atoms with Crippen LogP contribution >= 0.6 is 39.7 Å². The van der Waals surface area contributed by atoms with Crippen LogP contribution in [0.3, 0.4) is 0 Å². The second-order valence-corrected chi connectivity index (χ2v) is 7.89. The van der Waals surface area contributed by atoms with E-state index in [1.54, 1.807) is 0 Å². The minimum absolute atomic E-state index is 0.167. The van der Waals surface area contributed by atoms with Gasteiger partial charge in [0, 0.05) is 4.47 Å². The number of nitrogens with one attached hydrogen (secondary N) is 2. The highest BCUT2D eigenvalue weighted by atomic mass is 79.9. The largest absolute Gasteiger partial charge is 0.356 e. The van der Waals surface area contributed by atoms with Gasteiger partial charge in [0.05, 0.1) is 16.8 Å². The Kier molecular flexibility index (Phi) is 7.73. The Balaban J connectivity index is 2.04. The topological polar surface area (TPSA) is 24.1 Å². The molecule has 5 heteroatoms. The van der Waals surface area contributed by atoms with Gasteiger partial charge in [0.15, 0.2) is 5.11 Å². The van der Waals surface area contributed by atoms with Crippen LogP contribution in [-0.2, 0) is 0 Å². The number of anilines is 1. The first-order valence-corrected chi connectivity index (χ1v) is 10.1. The Hall–Kier alpha value is -1.10. The van der Waals surface area contributed by atoms with E-state index in [4.69, 9.17) is 23.8 Å². The third kappa shape index (κ3) is 5.70. The molecule has 0 amide bonds. The van der Waals surface area contributed by atoms with Crippen molar-refractivity contribution in [3.8, 4) is 0 Å². The summed E-state index contributed by atoms with van der Waals surface area (Å²) in [6.07, 6.45) is 2.09. The molecule has 2 rings (SSSR count). The van der Waals surface area contributed by atoms with Crippen molar-refractivity contribution in [2.75, 3.05) is 5.32 Å². The van der Waals surface area contributed by atoms with Crippen molar-refractivity contribution in [3.63, 3.8) is 0 Å². The third-order valence-corrected chi connectivity index (χ3v) is 5.44. The maximum Gasteiger partial charge on any atom is 0.171 e. The summed E-state index contributed by atoms with van der Waals surface area (Å²) in [4.78, 5) is 0. The molecule has 0 fully saturated rings. The van der Waals surface area contributed by atoms with Crippen molar-refractivity contribution < 1.29 is 0 Å². The van der Waals surface area contributed by atoms with Crippen molar-refractivity contribution in [2.24, 2.45) is 0 Å². The van der Waals surface area contributed by atoms with Gasteiger partial charge < -0.3 is 10.6 Å². The first-order chi connectivity index (χ1) is 11.9. The van der Waals surface area contributed by atoms with Gasteiger partial charge in [-0.25, -0.2) is 0 Å². The van der Waals surface area contributed by atoms with Gasteiger partial charge in [-0.1, -0.05) is 72.6 Å². The van der Waals surface area contributed by atoms with Gasteiger partial charge in [-0.05, 0) is 60.3 Å². The van der Waals surface area contributed by atoms with Gasteiger partial charge in [0.25, 0.3) is 0 Å². The number of thiocarbonyl (C=S) groups is 1. The Morgan fingerprint density at radius 1 is 1.08 bits per heavy atom. The molecule has 0 spiro atoms. The molecule has 134 valence electrons. The fourth-order valence-corrected chi connectivity index (χ4v) is 3.59. The summed E-state index contributed by atoms with van der Waals surface area (Å²) in [5.41, 5.74) is 3.41. The van der Waals surface area contributed by atoms with Gasteiger partial charge in [0.2, 0.25) is 0 Å². The molecule has 2 atom stereocenters. The zero-order chi connectivity index (χ0) is 18.4. The highest BCUT2D eigenvalue weighted by Gasteiger charge is 2.12. The molecule has 2 unspecified atom stereocenters. The molecular formula is C20H24BrClN2S. The lowest BCUT2D eigenvalue weighted by atomic mass is 9.95. The zero-order valence-corrected chi connectivity index (χ0v) is 17.9. The molecule has 0 aliphatic carbocycles. The summed E-state index contributed by atoms with van der Waals surface area (Å²) in [5, 5.41) is 7.76. The van der Waals surface area contributed by atoms with Crippen molar-refractivity contribution in [2.45, 2.75) is 45.6 Å². The average Bonchev–Trinajstić information content (AvgIpc) is 2.61. The van der Waals surface area contributed by atoms with E-state index in [9.17, 15) is 0 Å². The molecule has 2 aromatic rings. The van der Waals surface area contributed by atoms with E-state index in [-0.39, 0.29) is 6.04 Å². The van der Waals surface area contributed by atoms with Crippen molar-refractivity contribution in [3.05, 3.63) is 63.1 Å². The molecule has 25 heavy (non-hydrogen) atoms. The molecule has 0 aliphatic heterocycles. The molecule has 0 saturated carbocycles. The van der Waals surface area contributed by atoms with E-state index in [1.807, 2.05) is 18.2 Å². The van der Waals surface area contributed by atoms with Crippen LogP contribution in [0.15, 0.2) is 46.9 Å². The summed E-state index contributed by atoms with van der Waals surface area (Å²) in [5.74, 6) is 0.587. The second-order valence-electron chi connectivity index (χ2n) is 6.16. The smallest absolute Gasteiger partial charge is 0.171 e. The monoisotopic (exact) mass is 438 g/mol. The quantitative estimate of drug-likeness (QED) is 0.471. The first-order valence-electron chi connectivity index (χ1n) is 8.57. The van der Waals surface area contributed by atoms with Crippen LogP contribution in [0, 0.1) is 0 Å². The fourth-order valence-electron chi connectivity index (χ4n) is 2.62. The lowest BCUT2D eigenvalue weighted by Crippen LogP contribution is -2.32. The highest BCUT2D eigenvalue weighted by molar-refractivity contribution is 9.10. The molecule has 0 saturated heterocycles. The van der Waals surface area contributed by atoms with Crippen LogP contribution in [0.1, 0.15) is 56.7 Å². The fraction of sp³-hybridized carbons (Fsp3) is 0.350. The van der Waals surface area contributed by atoms with E-state index in [0.29, 0.717) is 16.1 Å². The van der Waals surface area contributed by atoms with E-state index < -0.39 is 0 Å². The Morgan fingerprint density at radius 2 is 1.72 bits per heavy atom. The van der Waals surface area contributed by atoms with Crippen LogP contribution in [0.2, 0.25) is 5.02 Å². The third-order valence-electron chi connectivity index (χ3n) is 4.41. The number of rotatable bonds is 6. The lowest BCUT2D eigenvalue weighted by Gasteiger charge is -2.21. The van der Waals surface area contributed by atoms with Crippen LogP contribution < -0.4 is 10.6 Å². The lowest BCUT2D eigenvalue weighted by molar-refractivity contribution is 0.628. The summed E-state index contributed by atoms with van der Waals surface area (Å²) >= 11 is 15.1. The highest BCUT2D eigenvalue weighted by Crippen LogP contribution is 2.26.